The first kappa shape index (κ1) is 22.5. The summed E-state index contributed by atoms with van der Waals surface area (Å²) in [5, 5.41) is 11.8. The second-order valence-electron chi connectivity index (χ2n) is 7.34. The smallest absolute Gasteiger partial charge is 0.243 e. The van der Waals surface area contributed by atoms with Crippen LogP contribution in [0.2, 0.25) is 0 Å². The Kier molecular flexibility index (Phi) is 7.12. The van der Waals surface area contributed by atoms with E-state index < -0.39 is 15.3 Å². The van der Waals surface area contributed by atoms with Gasteiger partial charge >= 0.3 is 0 Å². The number of thioether (sulfide) groups is 1. The van der Waals surface area contributed by atoms with E-state index in [9.17, 15) is 13.2 Å². The van der Waals surface area contributed by atoms with E-state index in [4.69, 9.17) is 4.74 Å². The van der Waals surface area contributed by atoms with Crippen molar-refractivity contribution in [2.45, 2.75) is 34.3 Å². The molecule has 2 aliphatic rings. The number of benzene rings is 1. The number of morpholine rings is 1. The Bertz CT molecular complexity index is 1020. The van der Waals surface area contributed by atoms with Crippen LogP contribution in [0.5, 0.6) is 0 Å². The second-order valence-corrected chi connectivity index (χ2v) is 11.8. The number of amides is 1. The molecule has 2 saturated heterocycles. The molecule has 4 rings (SSSR count). The summed E-state index contributed by atoms with van der Waals surface area (Å²) in [4.78, 5) is 15.1. The van der Waals surface area contributed by atoms with Gasteiger partial charge in [0.1, 0.15) is 0 Å². The molecule has 0 spiro atoms. The molecule has 2 aliphatic heterocycles. The van der Waals surface area contributed by atoms with E-state index in [0.29, 0.717) is 32.0 Å². The van der Waals surface area contributed by atoms with Gasteiger partial charge in [-0.05, 0) is 38.0 Å². The lowest BCUT2D eigenvalue weighted by atomic mass is 10.3. The molecule has 9 nitrogen and oxygen atoms in total. The Balaban J connectivity index is 1.38. The molecule has 0 radical (unpaired) electrons. The largest absolute Gasteiger partial charge is 0.379 e. The van der Waals surface area contributed by atoms with Gasteiger partial charge in [0, 0.05) is 31.9 Å². The van der Waals surface area contributed by atoms with E-state index >= 15 is 0 Å². The molecule has 2 fully saturated rings. The molecular weight excluding hydrogens is 458 g/mol. The molecule has 0 aliphatic carbocycles. The van der Waals surface area contributed by atoms with E-state index in [1.54, 1.807) is 25.1 Å². The van der Waals surface area contributed by atoms with Crippen molar-refractivity contribution in [1.82, 2.24) is 14.5 Å². The van der Waals surface area contributed by atoms with E-state index in [-0.39, 0.29) is 10.8 Å². The third kappa shape index (κ3) is 5.37. The predicted molar refractivity (Wildman–Crippen MR) is 121 cm³/mol. The Morgan fingerprint density at radius 2 is 1.94 bits per heavy atom. The van der Waals surface area contributed by atoms with Crippen molar-refractivity contribution < 1.29 is 17.9 Å². The molecule has 1 aromatic carbocycles. The van der Waals surface area contributed by atoms with E-state index in [1.807, 2.05) is 0 Å². The molecule has 2 aromatic rings. The number of rotatable bonds is 7. The van der Waals surface area contributed by atoms with Crippen molar-refractivity contribution in [3.63, 3.8) is 0 Å². The minimum absolute atomic E-state index is 0.159. The third-order valence-corrected chi connectivity index (χ3v) is 9.19. The number of nitrogens with one attached hydrogen (secondary N) is 1. The van der Waals surface area contributed by atoms with Crippen LogP contribution in [-0.2, 0) is 19.6 Å². The highest BCUT2D eigenvalue weighted by molar-refractivity contribution is 8.02. The molecule has 0 saturated carbocycles. The van der Waals surface area contributed by atoms with Gasteiger partial charge in [-0.15, -0.1) is 10.2 Å². The lowest BCUT2D eigenvalue weighted by Crippen LogP contribution is -2.40. The lowest BCUT2D eigenvalue weighted by molar-refractivity contribution is -0.115. The Morgan fingerprint density at radius 1 is 1.19 bits per heavy atom. The van der Waals surface area contributed by atoms with Crippen molar-refractivity contribution in [1.29, 1.82) is 0 Å². The third-order valence-electron chi connectivity index (χ3n) is 5.13. The number of carbonyl (C=O) groups is 1. The molecule has 0 bridgehead atoms. The Morgan fingerprint density at radius 3 is 2.68 bits per heavy atom. The maximum Gasteiger partial charge on any atom is 0.243 e. The molecule has 1 amide bonds. The van der Waals surface area contributed by atoms with Crippen LogP contribution in [0.1, 0.15) is 19.8 Å². The van der Waals surface area contributed by atoms with Gasteiger partial charge in [0.05, 0.1) is 23.4 Å². The van der Waals surface area contributed by atoms with Gasteiger partial charge in [0.25, 0.3) is 0 Å². The molecule has 168 valence electrons. The fourth-order valence-corrected chi connectivity index (χ4v) is 6.90. The molecule has 1 unspecified atom stereocenters. The van der Waals surface area contributed by atoms with Gasteiger partial charge < -0.3 is 15.0 Å². The van der Waals surface area contributed by atoms with Gasteiger partial charge in [-0.25, -0.2) is 8.42 Å². The molecular formula is C19H25N5O4S3. The summed E-state index contributed by atoms with van der Waals surface area (Å²) in [5.74, 6) is -0.219. The van der Waals surface area contributed by atoms with Crippen molar-refractivity contribution >= 4 is 49.8 Å². The minimum atomic E-state index is -3.62. The zero-order valence-corrected chi connectivity index (χ0v) is 19.6. The summed E-state index contributed by atoms with van der Waals surface area (Å²) >= 11 is 2.84. The second kappa shape index (κ2) is 9.82. The predicted octanol–water partition coefficient (Wildman–Crippen LogP) is 2.28. The van der Waals surface area contributed by atoms with Gasteiger partial charge in [-0.1, -0.05) is 29.2 Å². The highest BCUT2D eigenvalue weighted by Gasteiger charge is 2.27. The first-order valence-corrected chi connectivity index (χ1v) is 13.3. The minimum Gasteiger partial charge on any atom is -0.379 e. The number of sulfonamides is 1. The molecule has 1 atom stereocenters. The number of anilines is 2. The zero-order valence-electron chi connectivity index (χ0n) is 17.2. The first-order chi connectivity index (χ1) is 14.9. The van der Waals surface area contributed by atoms with Crippen LogP contribution >= 0.6 is 23.1 Å². The number of nitrogens with zero attached hydrogens (tertiary/aromatic N) is 4. The summed E-state index contributed by atoms with van der Waals surface area (Å²) in [6.07, 6.45) is 2.34. The van der Waals surface area contributed by atoms with Crippen LogP contribution in [0.3, 0.4) is 0 Å². The SMILES string of the molecule is CC(Sc1nnc(N2CCCC2)s1)C(=O)Nc1cccc(S(=O)(=O)N2CCOCC2)c1. The van der Waals surface area contributed by atoms with Crippen LogP contribution in [0.15, 0.2) is 33.5 Å². The Hall–Kier alpha value is -1.73. The summed E-state index contributed by atoms with van der Waals surface area (Å²) in [7, 11) is -3.62. The fourth-order valence-electron chi connectivity index (χ4n) is 3.41. The summed E-state index contributed by atoms with van der Waals surface area (Å²) < 4.78 is 33.1. The number of hydrogen-bond acceptors (Lipinski definition) is 9. The summed E-state index contributed by atoms with van der Waals surface area (Å²) in [6.45, 7) is 5.22. The van der Waals surface area contributed by atoms with Crippen molar-refractivity contribution in [2.24, 2.45) is 0 Å². The normalized spacial score (nSPS) is 18.8. The van der Waals surface area contributed by atoms with Gasteiger partial charge in [-0.3, -0.25) is 4.79 Å². The maximum absolute atomic E-state index is 12.8. The number of ether oxygens (including phenoxy) is 1. The molecule has 31 heavy (non-hydrogen) atoms. The average Bonchev–Trinajstić information content (AvgIpc) is 3.46. The average molecular weight is 484 g/mol. The van der Waals surface area contributed by atoms with Crippen LogP contribution in [-0.4, -0.2) is 73.5 Å². The summed E-state index contributed by atoms with van der Waals surface area (Å²) in [6, 6.07) is 6.36. The highest BCUT2D eigenvalue weighted by Crippen LogP contribution is 2.32. The summed E-state index contributed by atoms with van der Waals surface area (Å²) in [5.41, 5.74) is 0.446. The molecule has 12 heteroatoms. The monoisotopic (exact) mass is 483 g/mol. The van der Waals surface area contributed by atoms with E-state index in [0.717, 1.165) is 22.6 Å². The van der Waals surface area contributed by atoms with Crippen LogP contribution in [0.4, 0.5) is 10.8 Å². The number of carbonyl (C=O) groups excluding carboxylic acids is 1. The van der Waals surface area contributed by atoms with Crippen LogP contribution < -0.4 is 10.2 Å². The lowest BCUT2D eigenvalue weighted by Gasteiger charge is -2.26. The highest BCUT2D eigenvalue weighted by atomic mass is 32.2. The fraction of sp³-hybridized carbons (Fsp3) is 0.526. The molecule has 1 N–H and O–H groups in total. The van der Waals surface area contributed by atoms with Gasteiger partial charge in [0.15, 0.2) is 4.34 Å². The van der Waals surface area contributed by atoms with Crippen LogP contribution in [0, 0.1) is 0 Å². The van der Waals surface area contributed by atoms with Crippen molar-refractivity contribution in [3.05, 3.63) is 24.3 Å². The molecule has 1 aromatic heterocycles. The molecule has 3 heterocycles. The van der Waals surface area contributed by atoms with Crippen molar-refractivity contribution in [3.8, 4) is 0 Å². The first-order valence-electron chi connectivity index (χ1n) is 10.2. The standard InChI is InChI=1S/C19H25N5O4S3/c1-14(29-19-22-21-18(30-19)23-7-2-3-8-23)17(25)20-15-5-4-6-16(13-15)31(26,27)24-9-11-28-12-10-24/h4-6,13-14H,2-3,7-12H2,1H3,(H,20,25). The Labute approximate surface area is 190 Å². The zero-order chi connectivity index (χ0) is 21.8. The number of hydrogen-bond donors (Lipinski definition) is 1. The van der Waals surface area contributed by atoms with E-state index in [2.05, 4.69) is 20.4 Å². The number of aromatic nitrogens is 2. The van der Waals surface area contributed by atoms with Gasteiger partial charge in [0.2, 0.25) is 21.1 Å². The quantitative estimate of drug-likeness (QED) is 0.598. The van der Waals surface area contributed by atoms with Crippen molar-refractivity contribution in [2.75, 3.05) is 49.6 Å². The topological polar surface area (TPSA) is 105 Å². The van der Waals surface area contributed by atoms with Crippen LogP contribution in [0.25, 0.3) is 0 Å². The maximum atomic E-state index is 12.8. The van der Waals surface area contributed by atoms with Gasteiger partial charge in [-0.2, -0.15) is 4.31 Å². The van der Waals surface area contributed by atoms with E-state index in [1.165, 1.54) is 46.3 Å².